The van der Waals surface area contributed by atoms with Crippen molar-refractivity contribution in [1.82, 2.24) is 9.80 Å². The van der Waals surface area contributed by atoms with Crippen molar-refractivity contribution in [3.05, 3.63) is 136 Å². The Morgan fingerprint density at radius 2 is 1.42 bits per heavy atom. The van der Waals surface area contributed by atoms with Crippen molar-refractivity contribution in [2.24, 2.45) is 0 Å². The zero-order valence-corrected chi connectivity index (χ0v) is 21.6. The molecular weight excluding hydrogens is 464 g/mol. The number of benzene rings is 3. The van der Waals surface area contributed by atoms with Crippen LogP contribution in [0.5, 0.6) is 0 Å². The summed E-state index contributed by atoms with van der Waals surface area (Å²) in [4.78, 5) is 5.17. The maximum atomic E-state index is 6.19. The van der Waals surface area contributed by atoms with Gasteiger partial charge in [-0.05, 0) is 46.0 Å². The lowest BCUT2D eigenvalue weighted by Crippen LogP contribution is -2.48. The van der Waals surface area contributed by atoms with Crippen LogP contribution in [0.2, 0.25) is 5.02 Å². The zero-order chi connectivity index (χ0) is 24.7. The van der Waals surface area contributed by atoms with Gasteiger partial charge in [0.1, 0.15) is 5.76 Å². The highest BCUT2D eigenvalue weighted by Gasteiger charge is 2.27. The molecule has 1 aliphatic heterocycles. The Balaban J connectivity index is 1.28. The van der Waals surface area contributed by atoms with E-state index < -0.39 is 0 Å². The van der Waals surface area contributed by atoms with Crippen LogP contribution < -0.4 is 0 Å². The second-order valence-corrected chi connectivity index (χ2v) is 9.92. The molecule has 2 aliphatic rings. The molecule has 0 spiro atoms. The summed E-state index contributed by atoms with van der Waals surface area (Å²) < 4.78 is 5.74. The summed E-state index contributed by atoms with van der Waals surface area (Å²) in [5, 5.41) is 0.779. The second-order valence-electron chi connectivity index (χ2n) is 9.48. The van der Waals surface area contributed by atoms with E-state index in [9.17, 15) is 0 Å². The van der Waals surface area contributed by atoms with Crippen LogP contribution in [0.4, 0.5) is 0 Å². The molecular formula is C32H33ClN2O. The number of piperazine rings is 1. The molecule has 184 valence electrons. The van der Waals surface area contributed by atoms with Gasteiger partial charge in [-0.25, -0.2) is 0 Å². The van der Waals surface area contributed by atoms with Crippen LogP contribution in [0.1, 0.15) is 29.2 Å². The Morgan fingerprint density at radius 1 is 0.778 bits per heavy atom. The molecule has 0 amide bonds. The van der Waals surface area contributed by atoms with Crippen LogP contribution in [0.25, 0.3) is 5.57 Å². The summed E-state index contributed by atoms with van der Waals surface area (Å²) in [6.07, 6.45) is 7.55. The average molecular weight is 497 g/mol. The molecule has 1 heterocycles. The standard InChI is InChI=1S/C32H33ClN2O/c1-36-31-22-25(12-13-29(23-31)26-8-4-2-5-9-26)24-34-18-20-35(21-19-34)32(27-10-6-3-7-11-27)28-14-16-30(33)17-15-28/h2-17,23,32H,18-22,24H2,1H3. The number of rotatable bonds is 7. The van der Waals surface area contributed by atoms with Gasteiger partial charge >= 0.3 is 0 Å². The first kappa shape index (κ1) is 24.6. The van der Waals surface area contributed by atoms with Crippen molar-refractivity contribution in [3.8, 4) is 0 Å². The summed E-state index contributed by atoms with van der Waals surface area (Å²) in [5.74, 6) is 1.01. The topological polar surface area (TPSA) is 15.7 Å². The Labute approximate surface area is 220 Å². The highest BCUT2D eigenvalue weighted by molar-refractivity contribution is 6.30. The van der Waals surface area contributed by atoms with E-state index in [-0.39, 0.29) is 6.04 Å². The summed E-state index contributed by atoms with van der Waals surface area (Å²) in [6.45, 7) is 5.08. The Kier molecular flexibility index (Phi) is 8.02. The number of allylic oxidation sites excluding steroid dienone is 5. The van der Waals surface area contributed by atoms with Gasteiger partial charge in [0.25, 0.3) is 0 Å². The third kappa shape index (κ3) is 5.99. The smallest absolute Gasteiger partial charge is 0.100 e. The monoisotopic (exact) mass is 496 g/mol. The molecule has 3 aromatic rings. The van der Waals surface area contributed by atoms with Gasteiger partial charge in [0.15, 0.2) is 0 Å². The van der Waals surface area contributed by atoms with Gasteiger partial charge < -0.3 is 4.74 Å². The lowest BCUT2D eigenvalue weighted by atomic mass is 9.96. The molecule has 1 unspecified atom stereocenters. The van der Waals surface area contributed by atoms with Gasteiger partial charge in [-0.2, -0.15) is 0 Å². The largest absolute Gasteiger partial charge is 0.501 e. The molecule has 1 saturated heterocycles. The summed E-state index contributed by atoms with van der Waals surface area (Å²) in [5.41, 5.74) is 6.42. The van der Waals surface area contributed by atoms with Gasteiger partial charge in [0.2, 0.25) is 0 Å². The van der Waals surface area contributed by atoms with Crippen LogP contribution in [0.3, 0.4) is 0 Å². The fourth-order valence-electron chi connectivity index (χ4n) is 5.17. The van der Waals surface area contributed by atoms with Crippen molar-refractivity contribution in [2.45, 2.75) is 12.5 Å². The van der Waals surface area contributed by atoms with Gasteiger partial charge in [-0.15, -0.1) is 0 Å². The molecule has 0 saturated carbocycles. The van der Waals surface area contributed by atoms with E-state index in [2.05, 4.69) is 101 Å². The highest BCUT2D eigenvalue weighted by atomic mass is 35.5. The molecule has 3 nitrogen and oxygen atoms in total. The minimum Gasteiger partial charge on any atom is -0.501 e. The van der Waals surface area contributed by atoms with Crippen LogP contribution >= 0.6 is 11.6 Å². The Hall–Kier alpha value is -3.11. The first-order chi connectivity index (χ1) is 17.7. The molecule has 1 fully saturated rings. The van der Waals surface area contributed by atoms with Gasteiger partial charge in [-0.3, -0.25) is 9.80 Å². The molecule has 0 bridgehead atoms. The van der Waals surface area contributed by atoms with Crippen molar-refractivity contribution in [1.29, 1.82) is 0 Å². The number of methoxy groups -OCH3 is 1. The summed E-state index contributed by atoms with van der Waals surface area (Å²) in [7, 11) is 1.77. The van der Waals surface area contributed by atoms with Crippen molar-refractivity contribution in [2.75, 3.05) is 39.8 Å². The maximum Gasteiger partial charge on any atom is 0.100 e. The van der Waals surface area contributed by atoms with Gasteiger partial charge in [0, 0.05) is 44.2 Å². The molecule has 4 heteroatoms. The quantitative estimate of drug-likeness (QED) is 0.350. The number of hydrogen-bond donors (Lipinski definition) is 0. The average Bonchev–Trinajstić information content (AvgIpc) is 3.14. The highest BCUT2D eigenvalue weighted by Crippen LogP contribution is 2.31. The molecule has 3 aromatic carbocycles. The zero-order valence-electron chi connectivity index (χ0n) is 20.8. The normalized spacial score (nSPS) is 18.0. The molecule has 1 atom stereocenters. The van der Waals surface area contributed by atoms with E-state index >= 15 is 0 Å². The van der Waals surface area contributed by atoms with Crippen molar-refractivity contribution < 1.29 is 4.74 Å². The van der Waals surface area contributed by atoms with Crippen LogP contribution in [0.15, 0.2) is 114 Å². The summed E-state index contributed by atoms with van der Waals surface area (Å²) in [6, 6.07) is 29.9. The fourth-order valence-corrected chi connectivity index (χ4v) is 5.30. The lowest BCUT2D eigenvalue weighted by molar-refractivity contribution is 0.115. The molecule has 5 rings (SSSR count). The molecule has 0 N–H and O–H groups in total. The lowest BCUT2D eigenvalue weighted by Gasteiger charge is -2.40. The third-order valence-electron chi connectivity index (χ3n) is 7.09. The molecule has 0 radical (unpaired) electrons. The first-order valence-corrected chi connectivity index (χ1v) is 13.0. The van der Waals surface area contributed by atoms with E-state index in [0.29, 0.717) is 0 Å². The van der Waals surface area contributed by atoms with Crippen molar-refractivity contribution in [3.63, 3.8) is 0 Å². The van der Waals surface area contributed by atoms with Gasteiger partial charge in [0.05, 0.1) is 13.2 Å². The van der Waals surface area contributed by atoms with E-state index in [1.165, 1.54) is 27.8 Å². The van der Waals surface area contributed by atoms with E-state index in [4.69, 9.17) is 16.3 Å². The minimum atomic E-state index is 0.238. The number of ether oxygens (including phenoxy) is 1. The van der Waals surface area contributed by atoms with Crippen LogP contribution in [-0.4, -0.2) is 49.6 Å². The Morgan fingerprint density at radius 3 is 2.08 bits per heavy atom. The van der Waals surface area contributed by atoms with Crippen LogP contribution in [-0.2, 0) is 4.74 Å². The predicted molar refractivity (Wildman–Crippen MR) is 150 cm³/mol. The second kappa shape index (κ2) is 11.7. The van der Waals surface area contributed by atoms with E-state index in [0.717, 1.165) is 49.9 Å². The SMILES string of the molecule is COC1=CC(c2ccccc2)=CC=C(CN2CCN(C(c3ccccc3)c3ccc(Cl)cc3)CC2)C1. The molecule has 0 aromatic heterocycles. The predicted octanol–water partition coefficient (Wildman–Crippen LogP) is 6.99. The summed E-state index contributed by atoms with van der Waals surface area (Å²) >= 11 is 6.19. The van der Waals surface area contributed by atoms with Crippen LogP contribution in [0, 0.1) is 0 Å². The van der Waals surface area contributed by atoms with E-state index in [1.807, 2.05) is 12.1 Å². The molecule has 36 heavy (non-hydrogen) atoms. The third-order valence-corrected chi connectivity index (χ3v) is 7.34. The Bertz CT molecular complexity index is 1220. The van der Waals surface area contributed by atoms with E-state index in [1.54, 1.807) is 7.11 Å². The maximum absolute atomic E-state index is 6.19. The van der Waals surface area contributed by atoms with Gasteiger partial charge in [-0.1, -0.05) is 96.5 Å². The first-order valence-electron chi connectivity index (χ1n) is 12.7. The number of halogens is 1. The van der Waals surface area contributed by atoms with Crippen molar-refractivity contribution >= 4 is 17.2 Å². The number of hydrogen-bond acceptors (Lipinski definition) is 3. The minimum absolute atomic E-state index is 0.238. The fraction of sp³-hybridized carbons (Fsp3) is 0.250. The molecule has 1 aliphatic carbocycles. The number of nitrogens with zero attached hydrogens (tertiary/aromatic N) is 2.